The number of benzene rings is 1. The molecule has 80 valence electrons. The lowest BCUT2D eigenvalue weighted by Crippen LogP contribution is -1.92. The van der Waals surface area contributed by atoms with E-state index in [4.69, 9.17) is 5.26 Å². The highest BCUT2D eigenvalue weighted by Crippen LogP contribution is 2.28. The van der Waals surface area contributed by atoms with E-state index >= 15 is 0 Å². The number of aromatic nitrogens is 4. The highest BCUT2D eigenvalue weighted by atomic mass is 79.9. The molecular weight excluding hydrogens is 290 g/mol. The van der Waals surface area contributed by atoms with E-state index < -0.39 is 0 Å². The molecule has 0 aliphatic rings. The molecule has 1 aromatic carbocycles. The van der Waals surface area contributed by atoms with Gasteiger partial charge in [0.05, 0.1) is 11.6 Å². The van der Waals surface area contributed by atoms with Crippen LogP contribution in [0.15, 0.2) is 32.7 Å². The Hall–Kier alpha value is -1.39. The lowest BCUT2D eigenvalue weighted by atomic mass is 10.2. The minimum absolute atomic E-state index is 0.604. The van der Waals surface area contributed by atoms with Crippen molar-refractivity contribution in [3.63, 3.8) is 0 Å². The molecule has 0 bridgehead atoms. The molecule has 0 unspecified atom stereocenters. The van der Waals surface area contributed by atoms with Crippen LogP contribution in [0, 0.1) is 11.3 Å². The summed E-state index contributed by atoms with van der Waals surface area (Å²) < 4.78 is 2.45. The minimum Gasteiger partial charge on any atom is -0.223 e. The molecule has 2 aromatic rings. The summed E-state index contributed by atoms with van der Waals surface area (Å²) in [5, 5.41) is 20.7. The monoisotopic (exact) mass is 295 g/mol. The molecule has 0 N–H and O–H groups in total. The Morgan fingerprint density at radius 3 is 2.88 bits per heavy atom. The van der Waals surface area contributed by atoms with Gasteiger partial charge >= 0.3 is 0 Å². The van der Waals surface area contributed by atoms with E-state index in [9.17, 15) is 0 Å². The molecule has 5 nitrogen and oxygen atoms in total. The molecule has 0 aliphatic heterocycles. The van der Waals surface area contributed by atoms with Gasteiger partial charge in [0.2, 0.25) is 5.16 Å². The summed E-state index contributed by atoms with van der Waals surface area (Å²) in [6, 6.07) is 7.58. The van der Waals surface area contributed by atoms with Crippen molar-refractivity contribution in [2.75, 3.05) is 0 Å². The molecule has 0 radical (unpaired) electrons. The van der Waals surface area contributed by atoms with Gasteiger partial charge in [-0.15, -0.1) is 5.10 Å². The second-order valence-electron chi connectivity index (χ2n) is 2.97. The maximum Gasteiger partial charge on any atom is 0.213 e. The van der Waals surface area contributed by atoms with Gasteiger partial charge in [0.25, 0.3) is 0 Å². The molecule has 7 heteroatoms. The Morgan fingerprint density at radius 2 is 2.25 bits per heavy atom. The normalized spacial score (nSPS) is 10.1. The largest absolute Gasteiger partial charge is 0.223 e. The molecular formula is C9H6BrN5S. The third kappa shape index (κ3) is 2.40. The average Bonchev–Trinajstić information content (AvgIpc) is 2.63. The summed E-state index contributed by atoms with van der Waals surface area (Å²) in [6.45, 7) is 0. The number of halogens is 1. The molecule has 16 heavy (non-hydrogen) atoms. The minimum atomic E-state index is 0.604. The number of tetrazole rings is 1. The number of hydrogen-bond acceptors (Lipinski definition) is 5. The van der Waals surface area contributed by atoms with Crippen LogP contribution in [0.5, 0.6) is 0 Å². The van der Waals surface area contributed by atoms with Gasteiger partial charge < -0.3 is 0 Å². The Balaban J connectivity index is 2.32. The molecule has 0 saturated heterocycles. The highest BCUT2D eigenvalue weighted by Gasteiger charge is 2.06. The van der Waals surface area contributed by atoms with E-state index in [1.54, 1.807) is 23.9 Å². The molecule has 0 aliphatic carbocycles. The number of hydrogen-bond donors (Lipinski definition) is 0. The zero-order valence-corrected chi connectivity index (χ0v) is 10.7. The van der Waals surface area contributed by atoms with Gasteiger partial charge in [-0.3, -0.25) is 0 Å². The Labute approximate surface area is 105 Å². The van der Waals surface area contributed by atoms with Crippen molar-refractivity contribution in [2.24, 2.45) is 7.05 Å². The number of nitrogens with zero attached hydrogens (tertiary/aromatic N) is 5. The summed E-state index contributed by atoms with van der Waals surface area (Å²) in [7, 11) is 1.77. The van der Waals surface area contributed by atoms with Gasteiger partial charge in [-0.25, -0.2) is 4.68 Å². The number of rotatable bonds is 2. The molecule has 0 saturated carbocycles. The fourth-order valence-corrected chi connectivity index (χ4v) is 2.57. The fraction of sp³-hybridized carbons (Fsp3) is 0.111. The van der Waals surface area contributed by atoms with Crippen LogP contribution >= 0.6 is 27.7 Å². The lowest BCUT2D eigenvalue weighted by molar-refractivity contribution is 0.664. The maximum absolute atomic E-state index is 8.84. The second kappa shape index (κ2) is 4.63. The summed E-state index contributed by atoms with van der Waals surface area (Å²) in [6.07, 6.45) is 0. The summed E-state index contributed by atoms with van der Waals surface area (Å²) >= 11 is 4.76. The molecule has 1 heterocycles. The summed E-state index contributed by atoms with van der Waals surface area (Å²) in [5.41, 5.74) is 0.604. The van der Waals surface area contributed by atoms with Gasteiger partial charge in [0.1, 0.15) is 0 Å². The van der Waals surface area contributed by atoms with Crippen molar-refractivity contribution in [2.45, 2.75) is 10.1 Å². The van der Waals surface area contributed by atoms with E-state index in [1.165, 1.54) is 11.8 Å². The SMILES string of the molecule is Cn1nnnc1Sc1cc(Br)cc(C#N)c1. The first kappa shape index (κ1) is 11.1. The van der Waals surface area contributed by atoms with Crippen molar-refractivity contribution in [3.05, 3.63) is 28.2 Å². The van der Waals surface area contributed by atoms with Crippen LogP contribution in [-0.2, 0) is 7.05 Å². The van der Waals surface area contributed by atoms with Crippen LogP contribution < -0.4 is 0 Å². The smallest absolute Gasteiger partial charge is 0.213 e. The van der Waals surface area contributed by atoms with Crippen LogP contribution in [-0.4, -0.2) is 20.2 Å². The van der Waals surface area contributed by atoms with Crippen LogP contribution in [0.2, 0.25) is 0 Å². The Kier molecular flexibility index (Phi) is 3.22. The third-order valence-electron chi connectivity index (χ3n) is 1.79. The number of aryl methyl sites for hydroxylation is 1. The molecule has 0 amide bonds. The summed E-state index contributed by atoms with van der Waals surface area (Å²) in [5.74, 6) is 0. The standard InChI is InChI=1S/C9H6BrN5S/c1-15-9(12-13-14-15)16-8-3-6(5-11)2-7(10)4-8/h2-4H,1H3. The van der Waals surface area contributed by atoms with Gasteiger partial charge in [0.15, 0.2) is 0 Å². The van der Waals surface area contributed by atoms with Crippen LogP contribution in [0.1, 0.15) is 5.56 Å². The van der Waals surface area contributed by atoms with Crippen molar-refractivity contribution in [1.82, 2.24) is 20.2 Å². The van der Waals surface area contributed by atoms with Gasteiger partial charge in [0, 0.05) is 16.4 Å². The predicted molar refractivity (Wildman–Crippen MR) is 61.8 cm³/mol. The first-order valence-corrected chi connectivity index (χ1v) is 5.91. The van der Waals surface area contributed by atoms with Crippen molar-refractivity contribution in [1.29, 1.82) is 5.26 Å². The molecule has 0 fully saturated rings. The highest BCUT2D eigenvalue weighted by molar-refractivity contribution is 9.10. The predicted octanol–water partition coefficient (Wildman–Crippen LogP) is 2.00. The van der Waals surface area contributed by atoms with E-state index in [0.29, 0.717) is 10.7 Å². The van der Waals surface area contributed by atoms with Gasteiger partial charge in [-0.1, -0.05) is 15.9 Å². The number of nitriles is 1. The van der Waals surface area contributed by atoms with E-state index in [0.717, 1.165) is 9.37 Å². The maximum atomic E-state index is 8.84. The van der Waals surface area contributed by atoms with Crippen molar-refractivity contribution in [3.8, 4) is 6.07 Å². The van der Waals surface area contributed by atoms with Crippen LogP contribution in [0.4, 0.5) is 0 Å². The van der Waals surface area contributed by atoms with Crippen LogP contribution in [0.25, 0.3) is 0 Å². The Morgan fingerprint density at radius 1 is 1.44 bits per heavy atom. The molecule has 1 aromatic heterocycles. The topological polar surface area (TPSA) is 67.4 Å². The molecule has 2 rings (SSSR count). The van der Waals surface area contributed by atoms with Gasteiger partial charge in [-0.05, 0) is 40.4 Å². The van der Waals surface area contributed by atoms with Gasteiger partial charge in [-0.2, -0.15) is 5.26 Å². The Bertz CT molecular complexity index is 559. The zero-order chi connectivity index (χ0) is 11.5. The van der Waals surface area contributed by atoms with Crippen molar-refractivity contribution >= 4 is 27.7 Å². The summed E-state index contributed by atoms with van der Waals surface area (Å²) in [4.78, 5) is 0.920. The quantitative estimate of drug-likeness (QED) is 0.848. The fourth-order valence-electron chi connectivity index (χ4n) is 1.10. The van der Waals surface area contributed by atoms with E-state index in [1.807, 2.05) is 6.07 Å². The van der Waals surface area contributed by atoms with Crippen LogP contribution in [0.3, 0.4) is 0 Å². The van der Waals surface area contributed by atoms with E-state index in [2.05, 4.69) is 37.5 Å². The third-order valence-corrected chi connectivity index (χ3v) is 3.25. The lowest BCUT2D eigenvalue weighted by Gasteiger charge is -2.01. The first-order chi connectivity index (χ1) is 7.69. The zero-order valence-electron chi connectivity index (χ0n) is 8.25. The second-order valence-corrected chi connectivity index (χ2v) is 4.93. The molecule has 0 atom stereocenters. The van der Waals surface area contributed by atoms with E-state index in [-0.39, 0.29) is 0 Å². The first-order valence-electron chi connectivity index (χ1n) is 4.30. The van der Waals surface area contributed by atoms with Crippen molar-refractivity contribution < 1.29 is 0 Å². The molecule has 0 spiro atoms. The average molecular weight is 296 g/mol.